The molecule has 24 heavy (non-hydrogen) atoms. The summed E-state index contributed by atoms with van der Waals surface area (Å²) in [5.74, 6) is 0.716. The van der Waals surface area contributed by atoms with Crippen molar-refractivity contribution < 1.29 is 9.52 Å². The number of aliphatic hydroxyl groups excluding tert-OH is 1. The van der Waals surface area contributed by atoms with Crippen LogP contribution in [0.3, 0.4) is 0 Å². The first-order chi connectivity index (χ1) is 11.5. The molecule has 1 N–H and O–H groups in total. The SMILES string of the molecule is CCC(CO)N(C)Cc1ccc2oc3c(c(=O)c2c1)C=C(Cl)CC3. The maximum atomic E-state index is 12.8. The van der Waals surface area contributed by atoms with Crippen molar-refractivity contribution in [2.45, 2.75) is 38.8 Å². The summed E-state index contributed by atoms with van der Waals surface area (Å²) in [6.45, 7) is 2.84. The van der Waals surface area contributed by atoms with Gasteiger partial charge in [0.25, 0.3) is 0 Å². The minimum absolute atomic E-state index is 0.0252. The molecule has 1 unspecified atom stereocenters. The van der Waals surface area contributed by atoms with E-state index in [1.54, 1.807) is 6.08 Å². The largest absolute Gasteiger partial charge is 0.460 e. The van der Waals surface area contributed by atoms with E-state index in [0.717, 1.165) is 12.0 Å². The molecule has 0 aliphatic heterocycles. The van der Waals surface area contributed by atoms with Crippen molar-refractivity contribution in [3.05, 3.63) is 50.3 Å². The zero-order valence-electron chi connectivity index (χ0n) is 14.0. The highest BCUT2D eigenvalue weighted by Gasteiger charge is 2.18. The number of aliphatic hydroxyl groups is 1. The summed E-state index contributed by atoms with van der Waals surface area (Å²) in [5.41, 5.74) is 2.19. The van der Waals surface area contributed by atoms with E-state index in [1.165, 1.54) is 0 Å². The lowest BCUT2D eigenvalue weighted by Crippen LogP contribution is -2.33. The Bertz CT molecular complexity index is 836. The van der Waals surface area contributed by atoms with Gasteiger partial charge in [0.1, 0.15) is 11.3 Å². The molecule has 0 radical (unpaired) electrons. The third-order valence-electron chi connectivity index (χ3n) is 4.70. The van der Waals surface area contributed by atoms with E-state index in [4.69, 9.17) is 16.0 Å². The molecule has 0 spiro atoms. The third kappa shape index (κ3) is 3.27. The van der Waals surface area contributed by atoms with Crippen LogP contribution in [0.15, 0.2) is 32.4 Å². The second kappa shape index (κ2) is 7.09. The lowest BCUT2D eigenvalue weighted by atomic mass is 10.0. The average Bonchev–Trinajstić information content (AvgIpc) is 2.57. The minimum Gasteiger partial charge on any atom is -0.460 e. The first-order valence-electron chi connectivity index (χ1n) is 8.29. The Balaban J connectivity index is 2.00. The van der Waals surface area contributed by atoms with Crippen LogP contribution in [0.1, 0.15) is 36.7 Å². The number of hydrogen-bond acceptors (Lipinski definition) is 4. The van der Waals surface area contributed by atoms with Crippen LogP contribution in [0.5, 0.6) is 0 Å². The second-order valence-electron chi connectivity index (χ2n) is 6.35. The minimum atomic E-state index is -0.0252. The van der Waals surface area contributed by atoms with Gasteiger partial charge in [-0.05, 0) is 43.7 Å². The number of likely N-dealkylation sites (N-methyl/N-ethyl adjacent to an activating group) is 1. The van der Waals surface area contributed by atoms with Gasteiger partial charge >= 0.3 is 0 Å². The fourth-order valence-corrected chi connectivity index (χ4v) is 3.40. The zero-order chi connectivity index (χ0) is 17.3. The highest BCUT2D eigenvalue weighted by molar-refractivity contribution is 6.31. The van der Waals surface area contributed by atoms with Crippen molar-refractivity contribution in [1.29, 1.82) is 0 Å². The van der Waals surface area contributed by atoms with E-state index in [0.29, 0.717) is 46.7 Å². The third-order valence-corrected chi connectivity index (χ3v) is 4.99. The molecule has 0 saturated heterocycles. The second-order valence-corrected chi connectivity index (χ2v) is 6.83. The Morgan fingerprint density at radius 1 is 1.38 bits per heavy atom. The first kappa shape index (κ1) is 17.2. The van der Waals surface area contributed by atoms with Crippen LogP contribution in [-0.4, -0.2) is 29.7 Å². The molecule has 128 valence electrons. The molecule has 5 heteroatoms. The molecule has 4 nitrogen and oxygen atoms in total. The number of aryl methyl sites for hydroxylation is 1. The highest BCUT2D eigenvalue weighted by atomic mass is 35.5. The quantitative estimate of drug-likeness (QED) is 0.899. The van der Waals surface area contributed by atoms with E-state index < -0.39 is 0 Å². The van der Waals surface area contributed by atoms with Gasteiger partial charge in [0.2, 0.25) is 0 Å². The van der Waals surface area contributed by atoms with Gasteiger partial charge in [-0.1, -0.05) is 24.6 Å². The summed E-state index contributed by atoms with van der Waals surface area (Å²) in [5, 5.41) is 10.7. The van der Waals surface area contributed by atoms with Crippen LogP contribution in [0.4, 0.5) is 0 Å². The smallest absolute Gasteiger partial charge is 0.200 e. The molecule has 1 aliphatic carbocycles. The lowest BCUT2D eigenvalue weighted by molar-refractivity contribution is 0.138. The summed E-state index contributed by atoms with van der Waals surface area (Å²) in [6, 6.07) is 5.84. The number of halogens is 1. The standard InChI is InChI=1S/C19H22ClNO3/c1-3-14(11-22)21(2)10-12-4-6-17-15(8-12)19(23)16-9-13(20)5-7-18(16)24-17/h4,6,8-9,14,22H,3,5,7,10-11H2,1-2H3. The summed E-state index contributed by atoms with van der Waals surface area (Å²) >= 11 is 6.08. The van der Waals surface area contributed by atoms with Crippen LogP contribution >= 0.6 is 11.6 Å². The van der Waals surface area contributed by atoms with Gasteiger partial charge in [-0.2, -0.15) is 0 Å². The monoisotopic (exact) mass is 347 g/mol. The topological polar surface area (TPSA) is 53.7 Å². The van der Waals surface area contributed by atoms with Crippen LogP contribution in [0.25, 0.3) is 17.0 Å². The van der Waals surface area contributed by atoms with Crippen LogP contribution in [-0.2, 0) is 13.0 Å². The maximum Gasteiger partial charge on any atom is 0.200 e. The number of rotatable bonds is 5. The first-order valence-corrected chi connectivity index (χ1v) is 8.67. The predicted molar refractivity (Wildman–Crippen MR) is 97.3 cm³/mol. The normalized spacial score (nSPS) is 15.5. The van der Waals surface area contributed by atoms with E-state index in [2.05, 4.69) is 11.8 Å². The fourth-order valence-electron chi connectivity index (χ4n) is 3.19. The molecule has 0 bridgehead atoms. The highest BCUT2D eigenvalue weighted by Crippen LogP contribution is 2.27. The summed E-state index contributed by atoms with van der Waals surface area (Å²) in [7, 11) is 1.98. The molecule has 1 aromatic heterocycles. The van der Waals surface area contributed by atoms with E-state index in [9.17, 15) is 9.90 Å². The summed E-state index contributed by atoms with van der Waals surface area (Å²) in [6.07, 6.45) is 3.98. The predicted octanol–water partition coefficient (Wildman–Crippen LogP) is 3.52. The van der Waals surface area contributed by atoms with Crippen molar-refractivity contribution in [3.8, 4) is 0 Å². The van der Waals surface area contributed by atoms with Gasteiger partial charge < -0.3 is 9.52 Å². The Kier molecular flexibility index (Phi) is 5.09. The molecule has 1 heterocycles. The van der Waals surface area contributed by atoms with Gasteiger partial charge in [-0.3, -0.25) is 9.69 Å². The van der Waals surface area contributed by atoms with Crippen molar-refractivity contribution in [2.24, 2.45) is 0 Å². The van der Waals surface area contributed by atoms with Crippen molar-refractivity contribution >= 4 is 28.6 Å². The van der Waals surface area contributed by atoms with Crippen molar-refractivity contribution in [1.82, 2.24) is 4.90 Å². The van der Waals surface area contributed by atoms with Gasteiger partial charge in [0.05, 0.1) is 17.6 Å². The lowest BCUT2D eigenvalue weighted by Gasteiger charge is -2.25. The number of nitrogens with zero attached hydrogens (tertiary/aromatic N) is 1. The number of hydrogen-bond donors (Lipinski definition) is 1. The molecule has 0 saturated carbocycles. The van der Waals surface area contributed by atoms with Crippen molar-refractivity contribution in [2.75, 3.05) is 13.7 Å². The van der Waals surface area contributed by atoms with E-state index in [-0.39, 0.29) is 18.1 Å². The van der Waals surface area contributed by atoms with Crippen LogP contribution < -0.4 is 5.43 Å². The van der Waals surface area contributed by atoms with Gasteiger partial charge in [0, 0.05) is 24.0 Å². The van der Waals surface area contributed by atoms with Gasteiger partial charge in [-0.15, -0.1) is 0 Å². The molecule has 1 atom stereocenters. The van der Waals surface area contributed by atoms with Crippen LogP contribution in [0, 0.1) is 0 Å². The Morgan fingerprint density at radius 2 is 2.17 bits per heavy atom. The van der Waals surface area contributed by atoms with Gasteiger partial charge in [0.15, 0.2) is 5.43 Å². The van der Waals surface area contributed by atoms with Crippen molar-refractivity contribution in [3.63, 3.8) is 0 Å². The van der Waals surface area contributed by atoms with Gasteiger partial charge in [-0.25, -0.2) is 0 Å². The number of benzene rings is 1. The number of fused-ring (bicyclic) bond motifs is 2. The zero-order valence-corrected chi connectivity index (χ0v) is 14.8. The Hall–Kier alpha value is -1.62. The van der Waals surface area contributed by atoms with Crippen LogP contribution in [0.2, 0.25) is 0 Å². The molecule has 0 fully saturated rings. The Morgan fingerprint density at radius 3 is 2.88 bits per heavy atom. The molecule has 3 rings (SSSR count). The molecule has 1 aliphatic rings. The molecular weight excluding hydrogens is 326 g/mol. The van der Waals surface area contributed by atoms with E-state index >= 15 is 0 Å². The molecule has 0 amide bonds. The Labute approximate surface area is 146 Å². The maximum absolute atomic E-state index is 12.8. The average molecular weight is 348 g/mol. The van der Waals surface area contributed by atoms with E-state index in [1.807, 2.05) is 25.2 Å². The summed E-state index contributed by atoms with van der Waals surface area (Å²) in [4.78, 5) is 14.9. The summed E-state index contributed by atoms with van der Waals surface area (Å²) < 4.78 is 5.91. The number of allylic oxidation sites excluding steroid dienone is 1. The molecular formula is C19H22ClNO3. The molecule has 1 aromatic carbocycles. The fraction of sp³-hybridized carbons (Fsp3) is 0.421. The molecule has 2 aromatic rings.